The highest BCUT2D eigenvalue weighted by Gasteiger charge is 2.33. The molecule has 1 N–H and O–H groups in total. The summed E-state index contributed by atoms with van der Waals surface area (Å²) in [5.74, 6) is 2.58. The van der Waals surface area contributed by atoms with Gasteiger partial charge in [-0.1, -0.05) is 33.6 Å². The molecule has 0 radical (unpaired) electrons. The molecule has 0 aromatic rings. The Kier molecular flexibility index (Phi) is 7.25. The lowest BCUT2D eigenvalue weighted by molar-refractivity contribution is 0.115. The normalized spacial score (nSPS) is 33.0. The van der Waals surface area contributed by atoms with Crippen LogP contribution in [0.1, 0.15) is 52.9 Å². The van der Waals surface area contributed by atoms with Crippen LogP contribution < -0.4 is 5.32 Å². The number of unbranched alkanes of at least 4 members (excludes halogenated alkanes) is 2. The Hall–Kier alpha value is -0.0800. The summed E-state index contributed by atoms with van der Waals surface area (Å²) in [5, 5.41) is 3.56. The van der Waals surface area contributed by atoms with E-state index in [2.05, 4.69) is 45.1 Å². The van der Waals surface area contributed by atoms with Crippen LogP contribution in [0.2, 0.25) is 0 Å². The van der Waals surface area contributed by atoms with Crippen LogP contribution in [0.4, 0.5) is 0 Å². The molecule has 0 spiro atoms. The molecule has 0 amide bonds. The minimum absolute atomic E-state index is 0.720. The highest BCUT2D eigenvalue weighted by Crippen LogP contribution is 2.34. The smallest absolute Gasteiger partial charge is 0.0110 e. The van der Waals surface area contributed by atoms with Crippen molar-refractivity contribution in [1.29, 1.82) is 0 Å². The second kappa shape index (κ2) is 8.16. The van der Waals surface area contributed by atoms with Crippen molar-refractivity contribution in [3.63, 3.8) is 0 Å². The van der Waals surface area contributed by atoms with Crippen LogP contribution in [0.5, 0.6) is 0 Å². The molecular weight excluding hydrogens is 220 g/mol. The van der Waals surface area contributed by atoms with E-state index in [1.54, 1.807) is 0 Å². The van der Waals surface area contributed by atoms with Crippen molar-refractivity contribution in [2.75, 3.05) is 27.2 Å². The van der Waals surface area contributed by atoms with Gasteiger partial charge in [0.2, 0.25) is 0 Å². The average molecular weight is 254 g/mol. The average Bonchev–Trinajstić information content (AvgIpc) is 2.32. The van der Waals surface area contributed by atoms with Crippen LogP contribution in [0, 0.1) is 17.8 Å². The lowest BCUT2D eigenvalue weighted by Crippen LogP contribution is -2.47. The van der Waals surface area contributed by atoms with Gasteiger partial charge in [-0.2, -0.15) is 0 Å². The first kappa shape index (κ1) is 16.0. The highest BCUT2D eigenvalue weighted by molar-refractivity contribution is 4.88. The van der Waals surface area contributed by atoms with Gasteiger partial charge in [-0.3, -0.25) is 0 Å². The van der Waals surface area contributed by atoms with Crippen molar-refractivity contribution in [2.45, 2.75) is 58.9 Å². The predicted octanol–water partition coefficient (Wildman–Crippen LogP) is 3.38. The summed E-state index contributed by atoms with van der Waals surface area (Å²) in [6.45, 7) is 9.67. The third-order valence-corrected chi connectivity index (χ3v) is 4.71. The summed E-state index contributed by atoms with van der Waals surface area (Å²) in [5.41, 5.74) is 0. The molecule has 0 heterocycles. The molecule has 4 atom stereocenters. The van der Waals surface area contributed by atoms with Gasteiger partial charge in [0.15, 0.2) is 0 Å². The van der Waals surface area contributed by atoms with Crippen LogP contribution >= 0.6 is 0 Å². The maximum atomic E-state index is 3.56. The van der Waals surface area contributed by atoms with Crippen molar-refractivity contribution >= 4 is 0 Å². The fourth-order valence-corrected chi connectivity index (χ4v) is 3.63. The van der Waals surface area contributed by atoms with Gasteiger partial charge in [0.1, 0.15) is 0 Å². The lowest BCUT2D eigenvalue weighted by atomic mass is 9.72. The molecule has 18 heavy (non-hydrogen) atoms. The van der Waals surface area contributed by atoms with E-state index in [0.717, 1.165) is 23.8 Å². The largest absolute Gasteiger partial charge is 0.317 e. The number of nitrogens with zero attached hydrogens (tertiary/aromatic N) is 1. The molecule has 1 rings (SSSR count). The standard InChI is InChI=1S/C16H34N2/c1-6-7-8-9-18(5)12-15-14(3)10-13(2)11-16(15)17-4/h13-17H,6-12H2,1-5H3. The SMILES string of the molecule is CCCCCN(C)CC1C(C)CC(C)CC1NC. The van der Waals surface area contributed by atoms with Crippen LogP contribution in [0.25, 0.3) is 0 Å². The summed E-state index contributed by atoms with van der Waals surface area (Å²) in [7, 11) is 4.44. The molecular formula is C16H34N2. The molecule has 1 aliphatic rings. The van der Waals surface area contributed by atoms with Gasteiger partial charge in [0, 0.05) is 12.6 Å². The molecule has 1 aliphatic carbocycles. The number of nitrogens with one attached hydrogen (secondary N) is 1. The molecule has 108 valence electrons. The van der Waals surface area contributed by atoms with E-state index in [0.29, 0.717) is 0 Å². The molecule has 1 fully saturated rings. The molecule has 0 saturated heterocycles. The molecule has 1 saturated carbocycles. The van der Waals surface area contributed by atoms with Gasteiger partial charge in [-0.15, -0.1) is 0 Å². The van der Waals surface area contributed by atoms with E-state index in [1.807, 2.05) is 0 Å². The maximum absolute atomic E-state index is 3.56. The fraction of sp³-hybridized carbons (Fsp3) is 1.00. The molecule has 2 nitrogen and oxygen atoms in total. The van der Waals surface area contributed by atoms with Crippen molar-refractivity contribution in [2.24, 2.45) is 17.8 Å². The fourth-order valence-electron chi connectivity index (χ4n) is 3.63. The lowest BCUT2D eigenvalue weighted by Gasteiger charge is -2.41. The molecule has 2 heteroatoms. The monoisotopic (exact) mass is 254 g/mol. The number of hydrogen-bond donors (Lipinski definition) is 1. The first-order chi connectivity index (χ1) is 8.58. The summed E-state index contributed by atoms with van der Waals surface area (Å²) >= 11 is 0. The van der Waals surface area contributed by atoms with E-state index >= 15 is 0 Å². The Morgan fingerprint density at radius 2 is 1.89 bits per heavy atom. The topological polar surface area (TPSA) is 15.3 Å². The second-order valence-corrected chi connectivity index (χ2v) is 6.58. The van der Waals surface area contributed by atoms with Crippen molar-refractivity contribution in [1.82, 2.24) is 10.2 Å². The van der Waals surface area contributed by atoms with Gasteiger partial charge in [0.05, 0.1) is 0 Å². The molecule has 4 unspecified atom stereocenters. The van der Waals surface area contributed by atoms with Crippen molar-refractivity contribution in [3.8, 4) is 0 Å². The quantitative estimate of drug-likeness (QED) is 0.701. The minimum atomic E-state index is 0.720. The number of rotatable bonds is 7. The van der Waals surface area contributed by atoms with E-state index in [4.69, 9.17) is 0 Å². The molecule has 0 aliphatic heterocycles. The Bertz CT molecular complexity index is 217. The van der Waals surface area contributed by atoms with Crippen LogP contribution in [-0.4, -0.2) is 38.1 Å². The summed E-state index contributed by atoms with van der Waals surface area (Å²) in [4.78, 5) is 2.55. The summed E-state index contributed by atoms with van der Waals surface area (Å²) < 4.78 is 0. The van der Waals surface area contributed by atoms with E-state index < -0.39 is 0 Å². The zero-order valence-corrected chi connectivity index (χ0v) is 13.2. The third kappa shape index (κ3) is 4.89. The molecule has 0 aromatic heterocycles. The van der Waals surface area contributed by atoms with Gasteiger partial charge in [-0.05, 0) is 57.7 Å². The van der Waals surface area contributed by atoms with Gasteiger partial charge in [-0.25, -0.2) is 0 Å². The predicted molar refractivity (Wildman–Crippen MR) is 80.9 cm³/mol. The van der Waals surface area contributed by atoms with Crippen LogP contribution in [-0.2, 0) is 0 Å². The van der Waals surface area contributed by atoms with Crippen LogP contribution in [0.15, 0.2) is 0 Å². The van der Waals surface area contributed by atoms with Gasteiger partial charge < -0.3 is 10.2 Å². The van der Waals surface area contributed by atoms with E-state index in [9.17, 15) is 0 Å². The Morgan fingerprint density at radius 1 is 1.17 bits per heavy atom. The Balaban J connectivity index is 2.41. The van der Waals surface area contributed by atoms with Crippen molar-refractivity contribution < 1.29 is 0 Å². The Labute approximate surface area is 115 Å². The van der Waals surface area contributed by atoms with Crippen LogP contribution in [0.3, 0.4) is 0 Å². The molecule has 0 bridgehead atoms. The van der Waals surface area contributed by atoms with Crippen molar-refractivity contribution in [3.05, 3.63) is 0 Å². The summed E-state index contributed by atoms with van der Waals surface area (Å²) in [6.07, 6.45) is 6.82. The van der Waals surface area contributed by atoms with Gasteiger partial charge in [0.25, 0.3) is 0 Å². The first-order valence-electron chi connectivity index (χ1n) is 7.94. The molecule has 0 aromatic carbocycles. The number of hydrogen-bond acceptors (Lipinski definition) is 2. The highest BCUT2D eigenvalue weighted by atomic mass is 15.1. The van der Waals surface area contributed by atoms with E-state index in [1.165, 1.54) is 45.2 Å². The second-order valence-electron chi connectivity index (χ2n) is 6.58. The van der Waals surface area contributed by atoms with Gasteiger partial charge >= 0.3 is 0 Å². The Morgan fingerprint density at radius 3 is 2.50 bits per heavy atom. The maximum Gasteiger partial charge on any atom is 0.0110 e. The van der Waals surface area contributed by atoms with E-state index in [-0.39, 0.29) is 0 Å². The minimum Gasteiger partial charge on any atom is -0.317 e. The zero-order chi connectivity index (χ0) is 13.5. The zero-order valence-electron chi connectivity index (χ0n) is 13.2. The third-order valence-electron chi connectivity index (χ3n) is 4.71. The first-order valence-corrected chi connectivity index (χ1v) is 7.94. The summed E-state index contributed by atoms with van der Waals surface area (Å²) in [6, 6.07) is 0.720.